The molecule has 1 aromatic rings. The Morgan fingerprint density at radius 1 is 1.07 bits per heavy atom. The van der Waals surface area contributed by atoms with Gasteiger partial charge < -0.3 is 14.4 Å². The van der Waals surface area contributed by atoms with Crippen LogP contribution < -0.4 is 9.47 Å². The summed E-state index contributed by atoms with van der Waals surface area (Å²) < 4.78 is 10.5. The molecule has 0 spiro atoms. The topological polar surface area (TPSA) is 76.2 Å². The molecule has 0 unspecified atom stereocenters. The van der Waals surface area contributed by atoms with Crippen LogP contribution in [-0.2, 0) is 20.9 Å². The molecule has 0 saturated carbocycles. The molecule has 7 heteroatoms. The van der Waals surface area contributed by atoms with Gasteiger partial charge in [-0.05, 0) is 30.5 Å². The number of amides is 3. The standard InChI is InChI=1S/C21H26N2O5/c1-22(13-14-8-9-17(27-2)18(12-14)28-3)19(24)10-11-23-20(25)15-6-4-5-7-16(15)21(23)26/h4-5,8-9,12,15-16H,6-7,10-11,13H2,1-3H3/t15-,16-/m0/s1. The van der Waals surface area contributed by atoms with E-state index in [0.29, 0.717) is 30.9 Å². The summed E-state index contributed by atoms with van der Waals surface area (Å²) in [6.07, 6.45) is 5.25. The Balaban J connectivity index is 1.56. The zero-order valence-electron chi connectivity index (χ0n) is 16.5. The van der Waals surface area contributed by atoms with E-state index < -0.39 is 0 Å². The molecule has 1 fully saturated rings. The highest BCUT2D eigenvalue weighted by molar-refractivity contribution is 6.05. The van der Waals surface area contributed by atoms with Gasteiger partial charge in [-0.3, -0.25) is 19.3 Å². The third kappa shape index (κ3) is 3.88. The number of hydrogen-bond donors (Lipinski definition) is 0. The van der Waals surface area contributed by atoms with Crippen molar-refractivity contribution in [2.75, 3.05) is 27.8 Å². The second kappa shape index (κ2) is 8.46. The Morgan fingerprint density at radius 2 is 1.68 bits per heavy atom. The first-order valence-corrected chi connectivity index (χ1v) is 9.41. The fraction of sp³-hybridized carbons (Fsp3) is 0.476. The molecule has 1 saturated heterocycles. The van der Waals surface area contributed by atoms with E-state index in [1.165, 1.54) is 4.90 Å². The number of allylic oxidation sites excluding steroid dienone is 2. The number of ether oxygens (including phenoxy) is 2. The van der Waals surface area contributed by atoms with Gasteiger partial charge in [-0.25, -0.2) is 0 Å². The maximum atomic E-state index is 12.5. The number of hydrogen-bond acceptors (Lipinski definition) is 5. The van der Waals surface area contributed by atoms with E-state index in [2.05, 4.69) is 0 Å². The highest BCUT2D eigenvalue weighted by Gasteiger charge is 2.46. The van der Waals surface area contributed by atoms with E-state index in [0.717, 1.165) is 5.56 Å². The number of nitrogens with zero attached hydrogens (tertiary/aromatic N) is 2. The van der Waals surface area contributed by atoms with E-state index >= 15 is 0 Å². The smallest absolute Gasteiger partial charge is 0.233 e. The monoisotopic (exact) mass is 386 g/mol. The molecule has 0 N–H and O–H groups in total. The molecule has 0 bridgehead atoms. The van der Waals surface area contributed by atoms with Crippen LogP contribution in [0.3, 0.4) is 0 Å². The second-order valence-electron chi connectivity index (χ2n) is 7.17. The summed E-state index contributed by atoms with van der Waals surface area (Å²) in [5.74, 6) is 0.314. The average molecular weight is 386 g/mol. The summed E-state index contributed by atoms with van der Waals surface area (Å²) in [5.41, 5.74) is 0.902. The molecule has 2 aliphatic rings. The molecular formula is C21H26N2O5. The maximum Gasteiger partial charge on any atom is 0.233 e. The summed E-state index contributed by atoms with van der Waals surface area (Å²) >= 11 is 0. The van der Waals surface area contributed by atoms with Crippen LogP contribution in [0.4, 0.5) is 0 Å². The Hall–Kier alpha value is -2.83. The molecule has 28 heavy (non-hydrogen) atoms. The van der Waals surface area contributed by atoms with Gasteiger partial charge in [0.2, 0.25) is 17.7 Å². The van der Waals surface area contributed by atoms with Gasteiger partial charge in [0, 0.05) is 26.6 Å². The van der Waals surface area contributed by atoms with Crippen molar-refractivity contribution in [3.05, 3.63) is 35.9 Å². The van der Waals surface area contributed by atoms with Gasteiger partial charge in [-0.1, -0.05) is 18.2 Å². The molecule has 7 nitrogen and oxygen atoms in total. The largest absolute Gasteiger partial charge is 0.493 e. The van der Waals surface area contributed by atoms with Crippen LogP contribution in [0.15, 0.2) is 30.4 Å². The Labute approximate surface area is 164 Å². The molecule has 1 aliphatic carbocycles. The number of imide groups is 1. The Morgan fingerprint density at radius 3 is 2.25 bits per heavy atom. The van der Waals surface area contributed by atoms with Crippen molar-refractivity contribution in [1.29, 1.82) is 0 Å². The quantitative estimate of drug-likeness (QED) is 0.529. The highest BCUT2D eigenvalue weighted by Crippen LogP contribution is 2.35. The summed E-state index contributed by atoms with van der Waals surface area (Å²) in [6, 6.07) is 5.49. The van der Waals surface area contributed by atoms with Crippen LogP contribution in [0.1, 0.15) is 24.8 Å². The van der Waals surface area contributed by atoms with Gasteiger partial charge in [0.1, 0.15) is 0 Å². The van der Waals surface area contributed by atoms with Crippen molar-refractivity contribution in [2.24, 2.45) is 11.8 Å². The van der Waals surface area contributed by atoms with Crippen LogP contribution >= 0.6 is 0 Å². The third-order valence-corrected chi connectivity index (χ3v) is 5.44. The van der Waals surface area contributed by atoms with Gasteiger partial charge in [0.25, 0.3) is 0 Å². The lowest BCUT2D eigenvalue weighted by atomic mass is 9.85. The molecule has 0 aromatic heterocycles. The van der Waals surface area contributed by atoms with Crippen molar-refractivity contribution in [1.82, 2.24) is 9.80 Å². The highest BCUT2D eigenvalue weighted by atomic mass is 16.5. The fourth-order valence-electron chi connectivity index (χ4n) is 3.83. The van der Waals surface area contributed by atoms with Gasteiger partial charge in [-0.15, -0.1) is 0 Å². The number of fused-ring (bicyclic) bond motifs is 1. The number of carbonyl (C=O) groups excluding carboxylic acids is 3. The maximum absolute atomic E-state index is 12.5. The molecular weight excluding hydrogens is 360 g/mol. The number of likely N-dealkylation sites (tertiary alicyclic amines) is 1. The molecule has 1 aliphatic heterocycles. The number of carbonyl (C=O) groups is 3. The first kappa shape index (κ1) is 19.9. The van der Waals surface area contributed by atoms with Gasteiger partial charge in [0.15, 0.2) is 11.5 Å². The number of benzene rings is 1. The van der Waals surface area contributed by atoms with Crippen molar-refractivity contribution in [2.45, 2.75) is 25.8 Å². The van der Waals surface area contributed by atoms with Gasteiger partial charge in [0.05, 0.1) is 26.1 Å². The molecule has 1 heterocycles. The zero-order chi connectivity index (χ0) is 20.3. The molecule has 3 amide bonds. The van der Waals surface area contributed by atoms with E-state index in [1.807, 2.05) is 24.3 Å². The van der Waals surface area contributed by atoms with Crippen LogP contribution in [0.25, 0.3) is 0 Å². The summed E-state index contributed by atoms with van der Waals surface area (Å²) in [5, 5.41) is 0. The third-order valence-electron chi connectivity index (χ3n) is 5.44. The predicted molar refractivity (Wildman–Crippen MR) is 103 cm³/mol. The Bertz CT molecular complexity index is 778. The van der Waals surface area contributed by atoms with E-state index in [-0.39, 0.29) is 42.5 Å². The molecule has 150 valence electrons. The average Bonchev–Trinajstić information content (AvgIpc) is 2.96. The SMILES string of the molecule is COc1ccc(CN(C)C(=O)CCN2C(=O)[C@H]3CC=CC[C@@H]3C2=O)cc1OC. The minimum Gasteiger partial charge on any atom is -0.493 e. The van der Waals surface area contributed by atoms with Crippen molar-refractivity contribution < 1.29 is 23.9 Å². The van der Waals surface area contributed by atoms with Crippen LogP contribution in [0.2, 0.25) is 0 Å². The van der Waals surface area contributed by atoms with Crippen LogP contribution in [0, 0.1) is 11.8 Å². The lowest BCUT2D eigenvalue weighted by Gasteiger charge is -2.20. The number of methoxy groups -OCH3 is 2. The Kier molecular flexibility index (Phi) is 6.02. The summed E-state index contributed by atoms with van der Waals surface area (Å²) in [6.45, 7) is 0.538. The zero-order valence-corrected chi connectivity index (χ0v) is 16.5. The van der Waals surface area contributed by atoms with Gasteiger partial charge in [-0.2, -0.15) is 0 Å². The van der Waals surface area contributed by atoms with E-state index in [1.54, 1.807) is 32.2 Å². The molecule has 0 radical (unpaired) electrons. The molecule has 2 atom stereocenters. The fourth-order valence-corrected chi connectivity index (χ4v) is 3.83. The second-order valence-corrected chi connectivity index (χ2v) is 7.17. The first-order chi connectivity index (χ1) is 13.5. The van der Waals surface area contributed by atoms with E-state index in [4.69, 9.17) is 9.47 Å². The first-order valence-electron chi connectivity index (χ1n) is 9.41. The summed E-state index contributed by atoms with van der Waals surface area (Å²) in [4.78, 5) is 40.3. The number of rotatable bonds is 7. The minimum absolute atomic E-state index is 0.119. The minimum atomic E-state index is -0.253. The van der Waals surface area contributed by atoms with E-state index in [9.17, 15) is 14.4 Å². The predicted octanol–water partition coefficient (Wildman–Crippen LogP) is 2.00. The molecule has 1 aromatic carbocycles. The van der Waals surface area contributed by atoms with Gasteiger partial charge >= 0.3 is 0 Å². The van der Waals surface area contributed by atoms with Crippen LogP contribution in [-0.4, -0.2) is 55.3 Å². The lowest BCUT2D eigenvalue weighted by Crippen LogP contribution is -2.36. The summed E-state index contributed by atoms with van der Waals surface area (Å²) in [7, 11) is 4.84. The van der Waals surface area contributed by atoms with Crippen molar-refractivity contribution in [3.8, 4) is 11.5 Å². The van der Waals surface area contributed by atoms with Crippen LogP contribution in [0.5, 0.6) is 11.5 Å². The normalized spacial score (nSPS) is 20.9. The lowest BCUT2D eigenvalue weighted by molar-refractivity contribution is -0.140. The van der Waals surface area contributed by atoms with Crippen molar-refractivity contribution in [3.63, 3.8) is 0 Å². The molecule has 3 rings (SSSR count). The van der Waals surface area contributed by atoms with Crippen molar-refractivity contribution >= 4 is 17.7 Å².